The van der Waals surface area contributed by atoms with Crippen LogP contribution in [0.3, 0.4) is 0 Å². The van der Waals surface area contributed by atoms with E-state index in [2.05, 4.69) is 29.6 Å². The van der Waals surface area contributed by atoms with Crippen LogP contribution in [0.25, 0.3) is 10.1 Å². The Balaban J connectivity index is 1.74. The molecule has 2 aliphatic carbocycles. The molecule has 2 atom stereocenters. The van der Waals surface area contributed by atoms with Crippen LogP contribution in [-0.2, 0) is 5.54 Å². The third-order valence-corrected chi connectivity index (χ3v) is 6.09. The SMILES string of the molecule is NC1(c2cccc3ccsc23)CCCC(C2CC2)C1. The van der Waals surface area contributed by atoms with Crippen molar-refractivity contribution in [3.63, 3.8) is 0 Å². The minimum absolute atomic E-state index is 0.0735. The lowest BCUT2D eigenvalue weighted by Gasteiger charge is -2.39. The van der Waals surface area contributed by atoms with E-state index >= 15 is 0 Å². The molecule has 0 saturated heterocycles. The minimum atomic E-state index is -0.0735. The first kappa shape index (κ1) is 11.9. The van der Waals surface area contributed by atoms with E-state index in [1.165, 1.54) is 47.8 Å². The Morgan fingerprint density at radius 2 is 2.00 bits per heavy atom. The molecule has 4 rings (SSSR count). The van der Waals surface area contributed by atoms with Gasteiger partial charge in [0.05, 0.1) is 0 Å². The van der Waals surface area contributed by atoms with Gasteiger partial charge >= 0.3 is 0 Å². The molecule has 0 bridgehead atoms. The summed E-state index contributed by atoms with van der Waals surface area (Å²) in [5.41, 5.74) is 8.20. The molecule has 2 aromatic rings. The van der Waals surface area contributed by atoms with Crippen molar-refractivity contribution < 1.29 is 0 Å². The zero-order chi connectivity index (χ0) is 12.9. The van der Waals surface area contributed by atoms with E-state index in [4.69, 9.17) is 5.73 Å². The molecule has 100 valence electrons. The number of fused-ring (bicyclic) bond motifs is 1. The summed E-state index contributed by atoms with van der Waals surface area (Å²) >= 11 is 1.85. The summed E-state index contributed by atoms with van der Waals surface area (Å²) < 4.78 is 1.42. The van der Waals surface area contributed by atoms with Gasteiger partial charge in [0.1, 0.15) is 0 Å². The Hall–Kier alpha value is -0.860. The van der Waals surface area contributed by atoms with Gasteiger partial charge in [-0.05, 0) is 59.9 Å². The van der Waals surface area contributed by atoms with Crippen LogP contribution < -0.4 is 5.73 Å². The number of thiophene rings is 1. The normalized spacial score (nSPS) is 31.7. The van der Waals surface area contributed by atoms with Crippen molar-refractivity contribution in [2.24, 2.45) is 17.6 Å². The molecule has 2 saturated carbocycles. The topological polar surface area (TPSA) is 26.0 Å². The molecule has 1 aromatic carbocycles. The van der Waals surface area contributed by atoms with E-state index in [1.54, 1.807) is 0 Å². The van der Waals surface area contributed by atoms with Gasteiger partial charge in [0.15, 0.2) is 0 Å². The first-order valence-electron chi connectivity index (χ1n) is 7.52. The van der Waals surface area contributed by atoms with Crippen molar-refractivity contribution >= 4 is 21.4 Å². The largest absolute Gasteiger partial charge is 0.321 e. The first-order valence-corrected chi connectivity index (χ1v) is 8.40. The fourth-order valence-electron chi connectivity index (χ4n) is 3.95. The number of benzene rings is 1. The van der Waals surface area contributed by atoms with Gasteiger partial charge in [0, 0.05) is 10.2 Å². The Bertz CT molecular complexity index is 598. The zero-order valence-electron chi connectivity index (χ0n) is 11.3. The maximum Gasteiger partial charge on any atom is 0.0426 e. The Morgan fingerprint density at radius 1 is 1.11 bits per heavy atom. The fourth-order valence-corrected chi connectivity index (χ4v) is 4.97. The van der Waals surface area contributed by atoms with Crippen molar-refractivity contribution in [2.75, 3.05) is 0 Å². The summed E-state index contributed by atoms with van der Waals surface area (Å²) in [5, 5.41) is 3.56. The smallest absolute Gasteiger partial charge is 0.0426 e. The summed E-state index contributed by atoms with van der Waals surface area (Å²) in [6.07, 6.45) is 7.97. The highest BCUT2D eigenvalue weighted by atomic mass is 32.1. The van der Waals surface area contributed by atoms with Crippen LogP contribution in [0.1, 0.15) is 44.1 Å². The summed E-state index contributed by atoms with van der Waals surface area (Å²) in [4.78, 5) is 0. The van der Waals surface area contributed by atoms with Gasteiger partial charge in [-0.15, -0.1) is 11.3 Å². The van der Waals surface area contributed by atoms with Crippen molar-refractivity contribution in [1.82, 2.24) is 0 Å². The molecule has 2 N–H and O–H groups in total. The van der Waals surface area contributed by atoms with E-state index < -0.39 is 0 Å². The molecule has 2 fully saturated rings. The van der Waals surface area contributed by atoms with Crippen molar-refractivity contribution in [3.05, 3.63) is 35.2 Å². The molecule has 0 aliphatic heterocycles. The van der Waals surface area contributed by atoms with Gasteiger partial charge in [0.25, 0.3) is 0 Å². The van der Waals surface area contributed by atoms with Gasteiger partial charge in [-0.2, -0.15) is 0 Å². The highest BCUT2D eigenvalue weighted by Gasteiger charge is 2.41. The second-order valence-electron chi connectivity index (χ2n) is 6.49. The molecule has 2 unspecified atom stereocenters. The molecule has 1 nitrogen and oxygen atoms in total. The summed E-state index contributed by atoms with van der Waals surface area (Å²) in [6.45, 7) is 0. The van der Waals surface area contributed by atoms with Crippen LogP contribution >= 0.6 is 11.3 Å². The van der Waals surface area contributed by atoms with Crippen molar-refractivity contribution in [1.29, 1.82) is 0 Å². The monoisotopic (exact) mass is 271 g/mol. The van der Waals surface area contributed by atoms with Gasteiger partial charge in [-0.1, -0.05) is 31.0 Å². The van der Waals surface area contributed by atoms with E-state index in [-0.39, 0.29) is 5.54 Å². The lowest BCUT2D eigenvalue weighted by molar-refractivity contribution is 0.208. The maximum absolute atomic E-state index is 6.87. The molecule has 0 amide bonds. The third kappa shape index (κ3) is 2.02. The van der Waals surface area contributed by atoms with E-state index in [1.807, 2.05) is 11.3 Å². The number of hydrogen-bond donors (Lipinski definition) is 1. The van der Waals surface area contributed by atoms with Gasteiger partial charge < -0.3 is 5.73 Å². The second kappa shape index (κ2) is 4.32. The minimum Gasteiger partial charge on any atom is -0.321 e. The Labute approximate surface area is 118 Å². The molecule has 2 heteroatoms. The Morgan fingerprint density at radius 3 is 2.84 bits per heavy atom. The number of hydrogen-bond acceptors (Lipinski definition) is 2. The van der Waals surface area contributed by atoms with Crippen LogP contribution in [0, 0.1) is 11.8 Å². The highest BCUT2D eigenvalue weighted by molar-refractivity contribution is 7.17. The van der Waals surface area contributed by atoms with Crippen LogP contribution in [0.15, 0.2) is 29.6 Å². The van der Waals surface area contributed by atoms with E-state index in [0.717, 1.165) is 18.3 Å². The lowest BCUT2D eigenvalue weighted by atomic mass is 9.71. The van der Waals surface area contributed by atoms with Crippen LogP contribution in [0.2, 0.25) is 0 Å². The van der Waals surface area contributed by atoms with Crippen molar-refractivity contribution in [2.45, 2.75) is 44.1 Å². The molecule has 1 aromatic heterocycles. The highest BCUT2D eigenvalue weighted by Crippen LogP contribution is 2.49. The van der Waals surface area contributed by atoms with Gasteiger partial charge in [0.2, 0.25) is 0 Å². The van der Waals surface area contributed by atoms with E-state index in [9.17, 15) is 0 Å². The molecule has 0 radical (unpaired) electrons. The molecular weight excluding hydrogens is 250 g/mol. The average Bonchev–Trinajstić information content (AvgIpc) is 3.16. The van der Waals surface area contributed by atoms with Crippen LogP contribution in [-0.4, -0.2) is 0 Å². The molecular formula is C17H21NS. The maximum atomic E-state index is 6.87. The predicted octanol–water partition coefficient (Wildman–Crippen LogP) is 4.66. The fraction of sp³-hybridized carbons (Fsp3) is 0.529. The summed E-state index contributed by atoms with van der Waals surface area (Å²) in [5.74, 6) is 1.87. The molecule has 1 heterocycles. The molecule has 2 aliphatic rings. The number of nitrogens with two attached hydrogens (primary N) is 1. The second-order valence-corrected chi connectivity index (χ2v) is 7.41. The third-order valence-electron chi connectivity index (χ3n) is 5.13. The Kier molecular flexibility index (Phi) is 2.71. The quantitative estimate of drug-likeness (QED) is 0.845. The van der Waals surface area contributed by atoms with Gasteiger partial charge in [-0.3, -0.25) is 0 Å². The predicted molar refractivity (Wildman–Crippen MR) is 82.4 cm³/mol. The van der Waals surface area contributed by atoms with Crippen molar-refractivity contribution in [3.8, 4) is 0 Å². The molecule has 0 spiro atoms. The average molecular weight is 271 g/mol. The van der Waals surface area contributed by atoms with E-state index in [0.29, 0.717) is 0 Å². The van der Waals surface area contributed by atoms with Crippen LogP contribution in [0.5, 0.6) is 0 Å². The summed E-state index contributed by atoms with van der Waals surface area (Å²) in [7, 11) is 0. The lowest BCUT2D eigenvalue weighted by Crippen LogP contribution is -2.42. The summed E-state index contributed by atoms with van der Waals surface area (Å²) in [6, 6.07) is 8.88. The van der Waals surface area contributed by atoms with Crippen LogP contribution in [0.4, 0.5) is 0 Å². The standard InChI is InChI=1S/C17H21NS/c18-17(9-2-4-14(11-17)12-6-7-12)15-5-1-3-13-8-10-19-16(13)15/h1,3,5,8,10,12,14H,2,4,6-7,9,11,18H2. The zero-order valence-corrected chi connectivity index (χ0v) is 12.1. The van der Waals surface area contributed by atoms with Gasteiger partial charge in [-0.25, -0.2) is 0 Å². The first-order chi connectivity index (χ1) is 9.26. The molecule has 19 heavy (non-hydrogen) atoms. The number of rotatable bonds is 2.